The van der Waals surface area contributed by atoms with Crippen molar-refractivity contribution < 1.29 is 8.42 Å². The van der Waals surface area contributed by atoms with Gasteiger partial charge in [-0.25, -0.2) is 8.42 Å². The molecular weight excluding hydrogens is 368 g/mol. The first-order valence-corrected chi connectivity index (χ1v) is 10.1. The number of nitrogens with zero attached hydrogens (tertiary/aromatic N) is 1. The quantitative estimate of drug-likeness (QED) is 0.521. The highest BCUT2D eigenvalue weighted by molar-refractivity contribution is 7.92. The van der Waals surface area contributed by atoms with E-state index in [4.69, 9.17) is 11.6 Å². The second kappa shape index (κ2) is 6.34. The molecule has 4 rings (SSSR count). The van der Waals surface area contributed by atoms with E-state index < -0.39 is 10.0 Å². The molecule has 3 aromatic carbocycles. The van der Waals surface area contributed by atoms with E-state index in [1.165, 1.54) is 0 Å². The molecule has 4 aromatic rings. The minimum atomic E-state index is -3.69. The summed E-state index contributed by atoms with van der Waals surface area (Å²) < 4.78 is 30.4. The molecule has 0 saturated carbocycles. The molecule has 0 fully saturated rings. The first kappa shape index (κ1) is 16.9. The number of aromatic nitrogens is 1. The Bertz CT molecular complexity index is 1210. The number of rotatable bonds is 4. The maximum absolute atomic E-state index is 12.8. The van der Waals surface area contributed by atoms with Gasteiger partial charge < -0.3 is 4.57 Å². The fourth-order valence-corrected chi connectivity index (χ4v) is 4.48. The summed E-state index contributed by atoms with van der Waals surface area (Å²) in [6, 6.07) is 19.9. The molecule has 1 N–H and O–H groups in total. The van der Waals surface area contributed by atoms with Gasteiger partial charge in [0.05, 0.1) is 4.90 Å². The topological polar surface area (TPSA) is 51.1 Å². The summed E-state index contributed by atoms with van der Waals surface area (Å²) in [7, 11) is -3.69. The summed E-state index contributed by atoms with van der Waals surface area (Å²) in [6.07, 6.45) is 0. The standard InChI is InChI=1S/C20H17ClN2O2S/c1-2-23-19-6-4-3-5-17(19)18-13-16(11-12-20(18)23)26(24,25)22-15-9-7-14(21)8-10-15/h3-13,22H,2H2,1H3. The van der Waals surface area contributed by atoms with Crippen LogP contribution in [0.4, 0.5) is 5.69 Å². The van der Waals surface area contributed by atoms with Crippen LogP contribution in [0.15, 0.2) is 71.6 Å². The van der Waals surface area contributed by atoms with Crippen LogP contribution >= 0.6 is 11.6 Å². The number of nitrogens with one attached hydrogen (secondary N) is 1. The van der Waals surface area contributed by atoms with Gasteiger partial charge in [0.15, 0.2) is 0 Å². The predicted octanol–water partition coefficient (Wildman–Crippen LogP) is 5.27. The van der Waals surface area contributed by atoms with E-state index in [0.29, 0.717) is 10.7 Å². The van der Waals surface area contributed by atoms with Crippen molar-refractivity contribution in [2.45, 2.75) is 18.4 Å². The van der Waals surface area contributed by atoms with E-state index in [9.17, 15) is 8.42 Å². The number of para-hydroxylation sites is 1. The number of hydrogen-bond acceptors (Lipinski definition) is 2. The predicted molar refractivity (Wildman–Crippen MR) is 107 cm³/mol. The third kappa shape index (κ3) is 2.83. The summed E-state index contributed by atoms with van der Waals surface area (Å²) in [4.78, 5) is 0.235. The lowest BCUT2D eigenvalue weighted by Crippen LogP contribution is -2.12. The smallest absolute Gasteiger partial charge is 0.261 e. The maximum atomic E-state index is 12.8. The van der Waals surface area contributed by atoms with E-state index >= 15 is 0 Å². The van der Waals surface area contributed by atoms with Gasteiger partial charge in [0.1, 0.15) is 0 Å². The Morgan fingerprint density at radius 2 is 1.62 bits per heavy atom. The number of aryl methyl sites for hydroxylation is 1. The van der Waals surface area contributed by atoms with Gasteiger partial charge >= 0.3 is 0 Å². The average Bonchev–Trinajstić information content (AvgIpc) is 2.96. The normalized spacial score (nSPS) is 11.9. The molecule has 0 atom stereocenters. The van der Waals surface area contributed by atoms with E-state index in [1.54, 1.807) is 36.4 Å². The summed E-state index contributed by atoms with van der Waals surface area (Å²) >= 11 is 5.86. The third-order valence-electron chi connectivity index (χ3n) is 4.47. The maximum Gasteiger partial charge on any atom is 0.261 e. The highest BCUT2D eigenvalue weighted by Gasteiger charge is 2.17. The molecule has 0 aliphatic heterocycles. The second-order valence-corrected chi connectivity index (χ2v) is 8.17. The van der Waals surface area contributed by atoms with Gasteiger partial charge in [-0.3, -0.25) is 4.72 Å². The molecule has 0 unspecified atom stereocenters. The Morgan fingerprint density at radius 1 is 0.923 bits per heavy atom. The summed E-state index contributed by atoms with van der Waals surface area (Å²) in [5, 5.41) is 2.54. The molecule has 4 nitrogen and oxygen atoms in total. The van der Waals surface area contributed by atoms with Crippen LogP contribution in [0.3, 0.4) is 0 Å². The number of anilines is 1. The molecule has 26 heavy (non-hydrogen) atoms. The Balaban J connectivity index is 1.84. The highest BCUT2D eigenvalue weighted by atomic mass is 35.5. The number of benzene rings is 3. The van der Waals surface area contributed by atoms with Gasteiger partial charge in [0, 0.05) is 39.1 Å². The number of fused-ring (bicyclic) bond motifs is 3. The Labute approximate surface area is 157 Å². The van der Waals surface area contributed by atoms with Gasteiger partial charge in [-0.15, -0.1) is 0 Å². The van der Waals surface area contributed by atoms with Gasteiger partial charge in [-0.1, -0.05) is 29.8 Å². The minimum Gasteiger partial charge on any atom is -0.341 e. The van der Waals surface area contributed by atoms with Crippen LogP contribution in [0.2, 0.25) is 5.02 Å². The Kier molecular flexibility index (Phi) is 4.13. The molecule has 132 valence electrons. The zero-order valence-corrected chi connectivity index (χ0v) is 15.7. The first-order chi connectivity index (χ1) is 12.5. The Hall–Kier alpha value is -2.50. The average molecular weight is 385 g/mol. The van der Waals surface area contributed by atoms with Crippen molar-refractivity contribution >= 4 is 49.1 Å². The van der Waals surface area contributed by atoms with Crippen molar-refractivity contribution in [3.05, 3.63) is 71.8 Å². The highest BCUT2D eigenvalue weighted by Crippen LogP contribution is 2.31. The van der Waals surface area contributed by atoms with Gasteiger partial charge in [0.2, 0.25) is 0 Å². The molecule has 6 heteroatoms. The van der Waals surface area contributed by atoms with Crippen LogP contribution in [0.5, 0.6) is 0 Å². The van der Waals surface area contributed by atoms with Crippen LogP contribution < -0.4 is 4.72 Å². The van der Waals surface area contributed by atoms with Crippen molar-refractivity contribution in [3.63, 3.8) is 0 Å². The van der Waals surface area contributed by atoms with Crippen molar-refractivity contribution in [1.29, 1.82) is 0 Å². The second-order valence-electron chi connectivity index (χ2n) is 6.05. The molecule has 0 spiro atoms. The van der Waals surface area contributed by atoms with Crippen molar-refractivity contribution in [1.82, 2.24) is 4.57 Å². The van der Waals surface area contributed by atoms with Gasteiger partial charge in [0.25, 0.3) is 10.0 Å². The zero-order valence-electron chi connectivity index (χ0n) is 14.1. The van der Waals surface area contributed by atoms with E-state index in [2.05, 4.69) is 22.3 Å². The number of hydrogen-bond donors (Lipinski definition) is 1. The lowest BCUT2D eigenvalue weighted by Gasteiger charge is -2.09. The zero-order chi connectivity index (χ0) is 18.3. The summed E-state index contributed by atoms with van der Waals surface area (Å²) in [5.74, 6) is 0. The Morgan fingerprint density at radius 3 is 2.35 bits per heavy atom. The lowest BCUT2D eigenvalue weighted by molar-refractivity contribution is 0.601. The van der Waals surface area contributed by atoms with Gasteiger partial charge in [-0.05, 0) is 55.5 Å². The minimum absolute atomic E-state index is 0.235. The van der Waals surface area contributed by atoms with Crippen molar-refractivity contribution in [2.75, 3.05) is 4.72 Å². The SMILES string of the molecule is CCn1c2ccccc2c2cc(S(=O)(=O)Nc3ccc(Cl)cc3)ccc21. The van der Waals surface area contributed by atoms with Crippen LogP contribution in [-0.2, 0) is 16.6 Å². The molecule has 1 aromatic heterocycles. The summed E-state index contributed by atoms with van der Waals surface area (Å²) in [5.41, 5.74) is 2.61. The summed E-state index contributed by atoms with van der Waals surface area (Å²) in [6.45, 7) is 2.90. The van der Waals surface area contributed by atoms with Crippen LogP contribution in [-0.4, -0.2) is 13.0 Å². The van der Waals surface area contributed by atoms with E-state index in [0.717, 1.165) is 28.4 Å². The monoisotopic (exact) mass is 384 g/mol. The first-order valence-electron chi connectivity index (χ1n) is 8.29. The molecule has 0 aliphatic carbocycles. The molecular formula is C20H17ClN2O2S. The number of halogens is 1. The molecule has 0 saturated heterocycles. The fourth-order valence-electron chi connectivity index (χ4n) is 3.27. The van der Waals surface area contributed by atoms with Crippen molar-refractivity contribution in [2.24, 2.45) is 0 Å². The van der Waals surface area contributed by atoms with Crippen LogP contribution in [0.25, 0.3) is 21.8 Å². The fraction of sp³-hybridized carbons (Fsp3) is 0.100. The molecule has 1 heterocycles. The molecule has 0 bridgehead atoms. The number of sulfonamides is 1. The van der Waals surface area contributed by atoms with Gasteiger partial charge in [-0.2, -0.15) is 0 Å². The van der Waals surface area contributed by atoms with E-state index in [1.807, 2.05) is 24.3 Å². The van der Waals surface area contributed by atoms with Crippen molar-refractivity contribution in [3.8, 4) is 0 Å². The lowest BCUT2D eigenvalue weighted by atomic mass is 10.1. The molecule has 0 amide bonds. The largest absolute Gasteiger partial charge is 0.341 e. The molecule has 0 radical (unpaired) electrons. The van der Waals surface area contributed by atoms with Crippen LogP contribution in [0.1, 0.15) is 6.92 Å². The third-order valence-corrected chi connectivity index (χ3v) is 6.10. The van der Waals surface area contributed by atoms with Crippen LogP contribution in [0, 0.1) is 0 Å². The van der Waals surface area contributed by atoms with E-state index in [-0.39, 0.29) is 4.90 Å². The molecule has 0 aliphatic rings.